The van der Waals surface area contributed by atoms with Crippen molar-refractivity contribution in [1.29, 1.82) is 0 Å². The number of hydrogen-bond acceptors (Lipinski definition) is 5. The normalized spacial score (nSPS) is 23.7. The number of methoxy groups -OCH3 is 1. The number of alkyl halides is 3. The van der Waals surface area contributed by atoms with Crippen molar-refractivity contribution >= 4 is 11.9 Å². The second kappa shape index (κ2) is 11.0. The molecule has 1 aromatic heterocycles. The molecular weight excluding hydrogens is 501 g/mol. The highest BCUT2D eigenvalue weighted by Gasteiger charge is 2.58. The number of likely N-dealkylation sites (tertiary alicyclic amines) is 2. The van der Waals surface area contributed by atoms with Crippen molar-refractivity contribution in [3.8, 4) is 5.75 Å². The number of ether oxygens (including phenoxy) is 1. The number of carbonyl (C=O) groups is 2. The first-order valence-corrected chi connectivity index (χ1v) is 12.9. The SMILES string of the molecule is COc1cccc(CN2CC(c3cn(C(C)C)cn3)C3(CCN(CC4CC4)C3=O)C2)c1.O=C(O)C(F)(F)F. The molecule has 2 saturated heterocycles. The van der Waals surface area contributed by atoms with E-state index in [9.17, 15) is 18.0 Å². The monoisotopic (exact) mass is 536 g/mol. The number of carboxylic acids is 1. The standard InChI is InChI=1S/C25H34N4O2.C2HF3O2/c1-18(2)29-15-23(26-17-29)22-14-27(12-20-5-4-6-21(11-20)31-3)16-25(22)9-10-28(24(25)30)13-19-7-8-19;3-2(4,5)1(6)7/h4-6,11,15,17-19,22H,7-10,12-14,16H2,1-3H3;(H,6,7). The number of amides is 1. The Bertz CT molecular complexity index is 1150. The van der Waals surface area contributed by atoms with Crippen LogP contribution in [0.5, 0.6) is 5.75 Å². The number of imidazole rings is 1. The summed E-state index contributed by atoms with van der Waals surface area (Å²) in [7, 11) is 1.71. The number of aliphatic carboxylic acids is 1. The molecule has 0 radical (unpaired) electrons. The van der Waals surface area contributed by atoms with Crippen LogP contribution in [0.1, 0.15) is 56.3 Å². The Morgan fingerprint density at radius 3 is 2.58 bits per heavy atom. The average molecular weight is 537 g/mol. The lowest BCUT2D eigenvalue weighted by molar-refractivity contribution is -0.192. The van der Waals surface area contributed by atoms with Crippen molar-refractivity contribution in [3.63, 3.8) is 0 Å². The summed E-state index contributed by atoms with van der Waals surface area (Å²) in [6.45, 7) is 8.69. The van der Waals surface area contributed by atoms with E-state index in [-0.39, 0.29) is 11.3 Å². The maximum absolute atomic E-state index is 13.8. The molecule has 8 nitrogen and oxygen atoms in total. The summed E-state index contributed by atoms with van der Waals surface area (Å²) in [5, 5.41) is 7.12. The fraction of sp³-hybridized carbons (Fsp3) is 0.593. The van der Waals surface area contributed by atoms with Gasteiger partial charge in [0.15, 0.2) is 0 Å². The van der Waals surface area contributed by atoms with Crippen LogP contribution in [-0.4, -0.2) is 75.8 Å². The lowest BCUT2D eigenvalue weighted by Gasteiger charge is -2.28. The Morgan fingerprint density at radius 2 is 2.00 bits per heavy atom. The highest BCUT2D eigenvalue weighted by Crippen LogP contribution is 2.50. The highest BCUT2D eigenvalue weighted by atomic mass is 19.4. The maximum Gasteiger partial charge on any atom is 0.490 e. The Labute approximate surface area is 220 Å². The number of hydrogen-bond donors (Lipinski definition) is 1. The Morgan fingerprint density at radius 1 is 1.29 bits per heavy atom. The van der Waals surface area contributed by atoms with Gasteiger partial charge in [0.1, 0.15) is 5.75 Å². The van der Waals surface area contributed by atoms with Crippen LogP contribution in [-0.2, 0) is 16.1 Å². The van der Waals surface area contributed by atoms with E-state index in [1.54, 1.807) is 7.11 Å². The molecule has 38 heavy (non-hydrogen) atoms. The Kier molecular flexibility index (Phi) is 8.06. The fourth-order valence-corrected chi connectivity index (χ4v) is 5.46. The van der Waals surface area contributed by atoms with Crippen LogP contribution in [0.15, 0.2) is 36.8 Å². The third-order valence-corrected chi connectivity index (χ3v) is 7.69. The smallest absolute Gasteiger partial charge is 0.490 e. The van der Waals surface area contributed by atoms with Gasteiger partial charge in [-0.3, -0.25) is 9.69 Å². The minimum Gasteiger partial charge on any atom is -0.497 e. The predicted octanol–water partition coefficient (Wildman–Crippen LogP) is 4.33. The van der Waals surface area contributed by atoms with Crippen LogP contribution < -0.4 is 4.74 Å². The van der Waals surface area contributed by atoms with E-state index < -0.39 is 12.1 Å². The van der Waals surface area contributed by atoms with Gasteiger partial charge in [-0.25, -0.2) is 9.78 Å². The predicted molar refractivity (Wildman–Crippen MR) is 134 cm³/mol. The van der Waals surface area contributed by atoms with Crippen molar-refractivity contribution in [2.75, 3.05) is 33.3 Å². The molecular formula is C27H35F3N4O4. The minimum absolute atomic E-state index is 0.148. The maximum atomic E-state index is 13.8. The topological polar surface area (TPSA) is 87.9 Å². The Hall–Kier alpha value is -3.08. The van der Waals surface area contributed by atoms with Crippen molar-refractivity contribution in [2.45, 2.75) is 57.8 Å². The van der Waals surface area contributed by atoms with E-state index in [2.05, 4.69) is 46.5 Å². The van der Waals surface area contributed by atoms with Gasteiger partial charge in [0.05, 0.1) is 24.5 Å². The van der Waals surface area contributed by atoms with Crippen LogP contribution in [0.3, 0.4) is 0 Å². The molecule has 2 aliphatic heterocycles. The van der Waals surface area contributed by atoms with Gasteiger partial charge in [0.2, 0.25) is 5.91 Å². The third kappa shape index (κ3) is 6.14. The fourth-order valence-electron chi connectivity index (χ4n) is 5.46. The van der Waals surface area contributed by atoms with Crippen molar-refractivity contribution in [2.24, 2.45) is 11.3 Å². The Balaban J connectivity index is 0.000000426. The van der Waals surface area contributed by atoms with Gasteiger partial charge in [0.25, 0.3) is 0 Å². The molecule has 1 saturated carbocycles. The summed E-state index contributed by atoms with van der Waals surface area (Å²) >= 11 is 0. The molecule has 3 fully saturated rings. The van der Waals surface area contributed by atoms with E-state index in [1.165, 1.54) is 18.4 Å². The van der Waals surface area contributed by atoms with E-state index in [4.69, 9.17) is 19.6 Å². The van der Waals surface area contributed by atoms with Crippen molar-refractivity contribution < 1.29 is 32.6 Å². The average Bonchev–Trinajstić information content (AvgIpc) is 3.28. The molecule has 0 bridgehead atoms. The van der Waals surface area contributed by atoms with Crippen LogP contribution in [0, 0.1) is 11.3 Å². The van der Waals surface area contributed by atoms with E-state index >= 15 is 0 Å². The van der Waals surface area contributed by atoms with E-state index in [1.807, 2.05) is 18.5 Å². The zero-order valence-corrected chi connectivity index (χ0v) is 21.9. The zero-order valence-electron chi connectivity index (χ0n) is 21.9. The van der Waals surface area contributed by atoms with Crippen LogP contribution >= 0.6 is 0 Å². The van der Waals surface area contributed by atoms with Gasteiger partial charge in [-0.15, -0.1) is 0 Å². The van der Waals surface area contributed by atoms with Gasteiger partial charge in [-0.1, -0.05) is 12.1 Å². The van der Waals surface area contributed by atoms with Gasteiger partial charge in [-0.05, 0) is 56.7 Å². The summed E-state index contributed by atoms with van der Waals surface area (Å²) in [6.07, 6.45) is 2.51. The van der Waals surface area contributed by atoms with Crippen LogP contribution in [0.2, 0.25) is 0 Å². The first-order chi connectivity index (χ1) is 17.9. The van der Waals surface area contributed by atoms with E-state index in [0.29, 0.717) is 11.9 Å². The first kappa shape index (κ1) is 27.9. The third-order valence-electron chi connectivity index (χ3n) is 7.69. The van der Waals surface area contributed by atoms with Crippen molar-refractivity contribution in [3.05, 3.63) is 48.0 Å². The number of halogens is 3. The number of aromatic nitrogens is 2. The zero-order chi connectivity index (χ0) is 27.7. The summed E-state index contributed by atoms with van der Waals surface area (Å²) in [6, 6.07) is 8.64. The van der Waals surface area contributed by atoms with Crippen LogP contribution in [0.25, 0.3) is 0 Å². The highest BCUT2D eigenvalue weighted by molar-refractivity contribution is 5.87. The van der Waals surface area contributed by atoms with E-state index in [0.717, 1.165) is 56.5 Å². The molecule has 1 N–H and O–H groups in total. The molecule has 3 heterocycles. The second-order valence-corrected chi connectivity index (χ2v) is 10.8. The van der Waals surface area contributed by atoms with Gasteiger partial charge < -0.3 is 19.3 Å². The molecule has 1 spiro atoms. The van der Waals surface area contributed by atoms with Gasteiger partial charge in [-0.2, -0.15) is 13.2 Å². The van der Waals surface area contributed by atoms with Gasteiger partial charge >= 0.3 is 12.1 Å². The quantitative estimate of drug-likeness (QED) is 0.567. The number of carboxylic acid groups (broad SMARTS) is 1. The molecule has 1 aliphatic carbocycles. The number of rotatable bonds is 7. The van der Waals surface area contributed by atoms with Gasteiger partial charge in [0, 0.05) is 50.9 Å². The summed E-state index contributed by atoms with van der Waals surface area (Å²) in [5.74, 6) is -0.642. The molecule has 2 unspecified atom stereocenters. The summed E-state index contributed by atoms with van der Waals surface area (Å²) in [5.41, 5.74) is 1.95. The molecule has 5 rings (SSSR count). The molecule has 2 atom stereocenters. The lowest BCUT2D eigenvalue weighted by atomic mass is 9.75. The number of carbonyl (C=O) groups excluding carboxylic acids is 1. The number of nitrogens with zero attached hydrogens (tertiary/aromatic N) is 4. The minimum atomic E-state index is -5.08. The molecule has 3 aliphatic rings. The lowest BCUT2D eigenvalue weighted by Crippen LogP contribution is -2.40. The largest absolute Gasteiger partial charge is 0.497 e. The summed E-state index contributed by atoms with van der Waals surface area (Å²) in [4.78, 5) is 32.0. The van der Waals surface area contributed by atoms with Crippen molar-refractivity contribution in [1.82, 2.24) is 19.4 Å². The number of benzene rings is 1. The first-order valence-electron chi connectivity index (χ1n) is 12.9. The molecule has 208 valence electrons. The molecule has 1 aromatic carbocycles. The molecule has 2 aromatic rings. The molecule has 11 heteroatoms. The van der Waals surface area contributed by atoms with Crippen LogP contribution in [0.4, 0.5) is 13.2 Å². The second-order valence-electron chi connectivity index (χ2n) is 10.8. The summed E-state index contributed by atoms with van der Waals surface area (Å²) < 4.78 is 39.3. The molecule has 1 amide bonds.